The highest BCUT2D eigenvalue weighted by Gasteiger charge is 2.21. The maximum absolute atomic E-state index is 13.0. The number of aryl methyl sites for hydroxylation is 6. The fourth-order valence-corrected chi connectivity index (χ4v) is 9.24. The third kappa shape index (κ3) is 9.71. The summed E-state index contributed by atoms with van der Waals surface area (Å²) in [5, 5.41) is 9.89. The molecule has 59 heavy (non-hydrogen) atoms. The molecular weight excluding hydrogens is 898 g/mol. The van der Waals surface area contributed by atoms with Gasteiger partial charge in [0.15, 0.2) is 16.3 Å². The van der Waals surface area contributed by atoms with Gasteiger partial charge in [0, 0.05) is 74.1 Å². The predicted molar refractivity (Wildman–Crippen MR) is 245 cm³/mol. The maximum Gasteiger partial charge on any atom is 0.198 e. The van der Waals surface area contributed by atoms with E-state index in [1.807, 2.05) is 45.0 Å². The summed E-state index contributed by atoms with van der Waals surface area (Å²) in [6.07, 6.45) is 12.5. The largest absolute Gasteiger partial charge is 0.508 e. The summed E-state index contributed by atoms with van der Waals surface area (Å²) in [6.45, 7) is 5.87. The van der Waals surface area contributed by atoms with Crippen LogP contribution in [0.3, 0.4) is 0 Å². The Balaban J connectivity index is 0.000000144. The molecule has 0 saturated carbocycles. The van der Waals surface area contributed by atoms with E-state index in [9.17, 15) is 19.5 Å². The third-order valence-corrected chi connectivity index (χ3v) is 12.9. The molecule has 0 amide bonds. The number of fused-ring (bicyclic) bond motifs is 3. The van der Waals surface area contributed by atoms with E-state index in [0.29, 0.717) is 11.5 Å². The molecule has 9 nitrogen and oxygen atoms in total. The van der Waals surface area contributed by atoms with Crippen molar-refractivity contribution in [1.82, 2.24) is 19.9 Å². The van der Waals surface area contributed by atoms with Crippen LogP contribution in [-0.4, -0.2) is 25.0 Å². The standard InChI is InChI=1S/C21H18Cl2N2O2.C16H17NO2.C10H12INO/c1-12-20(21(26)16-4-2-3-5-17(16)24-12)13-6-8-14(9-7-13)27-15-10-18(22)25-19(23)11-15;1-10-15(11-6-8-12(18)9-7-11)16(19)13-4-2-3-5-14(13)17-10;1-6-9(11)10(13)7-4-2-3-5-8(7)12-6/h6-11H,2-5H2,1H3,(H,24,26);6-9,18H,2-5H2,1H3,(H,17,19);2-5H2,1H3,(H,12,13). The Morgan fingerprint density at radius 1 is 0.559 bits per heavy atom. The Hall–Kier alpha value is -4.65. The van der Waals surface area contributed by atoms with Crippen LogP contribution in [0.4, 0.5) is 0 Å². The van der Waals surface area contributed by atoms with Gasteiger partial charge < -0.3 is 24.8 Å². The zero-order valence-electron chi connectivity index (χ0n) is 33.4. The molecular formula is C47H47Cl2IN4O5. The molecule has 0 fully saturated rings. The van der Waals surface area contributed by atoms with E-state index < -0.39 is 0 Å². The van der Waals surface area contributed by atoms with Gasteiger partial charge in [-0.2, -0.15) is 0 Å². The lowest BCUT2D eigenvalue weighted by atomic mass is 9.91. The summed E-state index contributed by atoms with van der Waals surface area (Å²) in [7, 11) is 0. The number of phenolic OH excluding ortho intramolecular Hbond substituents is 1. The first kappa shape index (κ1) is 42.5. The van der Waals surface area contributed by atoms with Crippen LogP contribution in [-0.2, 0) is 38.5 Å². The number of nitrogens with one attached hydrogen (secondary N) is 3. The molecule has 9 rings (SSSR count). The SMILES string of the molecule is Cc1[nH]c2c(c(=O)c1-c1ccc(O)cc1)CCCC2.Cc1[nH]c2c(c(=O)c1-c1ccc(Oc3cc(Cl)nc(Cl)c3)cc1)CCCC2.Cc1[nH]c2c(c(=O)c1I)CCCC2. The summed E-state index contributed by atoms with van der Waals surface area (Å²) in [5.41, 5.74) is 12.9. The minimum atomic E-state index is 0.141. The Labute approximate surface area is 366 Å². The molecule has 306 valence electrons. The molecule has 3 aliphatic carbocycles. The highest BCUT2D eigenvalue weighted by atomic mass is 127. The number of aromatic hydroxyl groups is 1. The zero-order chi connectivity index (χ0) is 41.8. The zero-order valence-corrected chi connectivity index (χ0v) is 37.1. The third-order valence-electron chi connectivity index (χ3n) is 11.2. The van der Waals surface area contributed by atoms with Gasteiger partial charge in [0.05, 0.1) is 3.57 Å². The van der Waals surface area contributed by atoms with Crippen LogP contribution < -0.4 is 21.0 Å². The molecule has 2 aromatic carbocycles. The second-order valence-corrected chi connectivity index (χ2v) is 17.3. The normalized spacial score (nSPS) is 14.1. The second-order valence-electron chi connectivity index (χ2n) is 15.4. The Morgan fingerprint density at radius 3 is 1.41 bits per heavy atom. The number of nitrogens with zero attached hydrogens (tertiary/aromatic N) is 1. The number of aromatic nitrogens is 4. The number of ether oxygens (including phenoxy) is 1. The minimum absolute atomic E-state index is 0.141. The molecule has 4 heterocycles. The highest BCUT2D eigenvalue weighted by molar-refractivity contribution is 14.1. The Morgan fingerprint density at radius 2 is 0.949 bits per heavy atom. The average molecular weight is 946 g/mol. The van der Waals surface area contributed by atoms with Gasteiger partial charge in [-0.1, -0.05) is 47.5 Å². The van der Waals surface area contributed by atoms with Crippen molar-refractivity contribution in [2.75, 3.05) is 0 Å². The molecule has 0 bridgehead atoms. The molecule has 0 spiro atoms. The van der Waals surface area contributed by atoms with Crippen molar-refractivity contribution < 1.29 is 9.84 Å². The number of hydrogen-bond donors (Lipinski definition) is 4. The molecule has 0 atom stereocenters. The molecule has 4 aromatic heterocycles. The summed E-state index contributed by atoms with van der Waals surface area (Å²) in [4.78, 5) is 51.5. The summed E-state index contributed by atoms with van der Waals surface area (Å²) in [5.74, 6) is 1.36. The average Bonchev–Trinajstić information content (AvgIpc) is 3.21. The van der Waals surface area contributed by atoms with Crippen molar-refractivity contribution >= 4 is 45.8 Å². The number of pyridine rings is 4. The Kier molecular flexibility index (Phi) is 13.5. The minimum Gasteiger partial charge on any atom is -0.508 e. The molecule has 6 aromatic rings. The molecule has 0 aliphatic heterocycles. The van der Waals surface area contributed by atoms with Crippen LogP contribution in [0, 0.1) is 24.3 Å². The number of benzene rings is 2. The van der Waals surface area contributed by atoms with E-state index >= 15 is 0 Å². The first-order valence-electron chi connectivity index (χ1n) is 20.2. The van der Waals surface area contributed by atoms with Crippen molar-refractivity contribution in [3.8, 4) is 39.5 Å². The maximum atomic E-state index is 13.0. The number of H-pyrrole nitrogens is 3. The second kappa shape index (κ2) is 18.7. The number of halogens is 3. The lowest BCUT2D eigenvalue weighted by Crippen LogP contribution is -2.21. The van der Waals surface area contributed by atoms with E-state index in [0.717, 1.165) is 142 Å². The van der Waals surface area contributed by atoms with Crippen LogP contribution in [0.1, 0.15) is 89.4 Å². The van der Waals surface area contributed by atoms with Crippen molar-refractivity contribution in [3.63, 3.8) is 0 Å². The van der Waals surface area contributed by atoms with Crippen molar-refractivity contribution in [1.29, 1.82) is 0 Å². The first-order valence-corrected chi connectivity index (χ1v) is 22.0. The van der Waals surface area contributed by atoms with Gasteiger partial charge in [0.2, 0.25) is 0 Å². The smallest absolute Gasteiger partial charge is 0.198 e. The van der Waals surface area contributed by atoms with Gasteiger partial charge in [-0.15, -0.1) is 0 Å². The number of rotatable bonds is 4. The van der Waals surface area contributed by atoms with Gasteiger partial charge in [-0.3, -0.25) is 14.4 Å². The van der Waals surface area contributed by atoms with Crippen molar-refractivity contribution in [3.05, 3.63) is 156 Å². The molecule has 0 radical (unpaired) electrons. The summed E-state index contributed by atoms with van der Waals surface area (Å²) in [6, 6.07) is 17.5. The van der Waals surface area contributed by atoms with Gasteiger partial charge in [0.1, 0.15) is 27.6 Å². The summed E-state index contributed by atoms with van der Waals surface area (Å²) >= 11 is 13.9. The highest BCUT2D eigenvalue weighted by Crippen LogP contribution is 2.30. The van der Waals surface area contributed by atoms with Crippen molar-refractivity contribution in [2.24, 2.45) is 0 Å². The molecule has 12 heteroatoms. The van der Waals surface area contributed by atoms with Crippen LogP contribution in [0.15, 0.2) is 75.0 Å². The van der Waals surface area contributed by atoms with Crippen molar-refractivity contribution in [2.45, 2.75) is 97.8 Å². The van der Waals surface area contributed by atoms with Crippen LogP contribution in [0.25, 0.3) is 22.3 Å². The van der Waals surface area contributed by atoms with E-state index in [-0.39, 0.29) is 32.3 Å². The fourth-order valence-electron chi connectivity index (χ4n) is 8.34. The van der Waals surface area contributed by atoms with E-state index in [1.165, 1.54) is 12.1 Å². The summed E-state index contributed by atoms with van der Waals surface area (Å²) < 4.78 is 6.65. The fraction of sp³-hybridized carbons (Fsp3) is 0.319. The monoisotopic (exact) mass is 944 g/mol. The van der Waals surface area contributed by atoms with Gasteiger partial charge >= 0.3 is 0 Å². The van der Waals surface area contributed by atoms with Gasteiger partial charge in [-0.05, 0) is 156 Å². The van der Waals surface area contributed by atoms with Crippen LogP contribution in [0.5, 0.6) is 17.2 Å². The molecule has 0 saturated heterocycles. The number of aromatic amines is 3. The molecule has 3 aliphatic rings. The van der Waals surface area contributed by atoms with E-state index in [1.54, 1.807) is 36.4 Å². The van der Waals surface area contributed by atoms with Crippen LogP contribution in [0.2, 0.25) is 10.3 Å². The van der Waals surface area contributed by atoms with Crippen LogP contribution >= 0.6 is 45.8 Å². The van der Waals surface area contributed by atoms with E-state index in [4.69, 9.17) is 27.9 Å². The van der Waals surface area contributed by atoms with E-state index in [2.05, 4.69) is 42.5 Å². The molecule has 4 N–H and O–H groups in total. The lowest BCUT2D eigenvalue weighted by molar-refractivity contribution is 0.475. The first-order chi connectivity index (χ1) is 28.4. The predicted octanol–water partition coefficient (Wildman–Crippen LogP) is 10.8. The number of hydrogen-bond acceptors (Lipinski definition) is 6. The quantitative estimate of drug-likeness (QED) is 0.102. The number of phenols is 1. The topological polar surface area (TPSA) is 141 Å². The molecule has 0 unspecified atom stereocenters. The van der Waals surface area contributed by atoms with Gasteiger partial charge in [-0.25, -0.2) is 4.98 Å². The lowest BCUT2D eigenvalue weighted by Gasteiger charge is -2.18. The Bertz CT molecular complexity index is 2670. The van der Waals surface area contributed by atoms with Gasteiger partial charge in [0.25, 0.3) is 0 Å².